The Bertz CT molecular complexity index is 1350. The summed E-state index contributed by atoms with van der Waals surface area (Å²) in [5, 5.41) is 14.2. The molecular formula is C21H20N6O2S. The Labute approximate surface area is 174 Å². The number of hydrogen-bond donors (Lipinski definition) is 1. The van der Waals surface area contributed by atoms with E-state index in [2.05, 4.69) is 26.1 Å². The molecule has 0 aliphatic carbocycles. The first-order valence-electron chi connectivity index (χ1n) is 9.45. The molecule has 4 rings (SSSR count). The van der Waals surface area contributed by atoms with Gasteiger partial charge in [0.25, 0.3) is 0 Å². The van der Waals surface area contributed by atoms with Gasteiger partial charge in [-0.2, -0.15) is 10.4 Å². The van der Waals surface area contributed by atoms with Gasteiger partial charge in [-0.25, -0.2) is 18.4 Å². The first-order chi connectivity index (χ1) is 14.4. The van der Waals surface area contributed by atoms with Crippen LogP contribution in [0.3, 0.4) is 0 Å². The first kappa shape index (κ1) is 19.8. The monoisotopic (exact) mass is 420 g/mol. The molecule has 1 unspecified atom stereocenters. The van der Waals surface area contributed by atoms with Crippen LogP contribution in [0.25, 0.3) is 22.3 Å². The molecule has 3 aromatic heterocycles. The minimum atomic E-state index is -3.42. The maximum atomic E-state index is 12.6. The number of hydrogen-bond acceptors (Lipinski definition) is 6. The van der Waals surface area contributed by atoms with Crippen LogP contribution in [0, 0.1) is 11.3 Å². The van der Waals surface area contributed by atoms with Crippen LogP contribution in [-0.2, 0) is 9.84 Å². The van der Waals surface area contributed by atoms with Crippen LogP contribution in [0.5, 0.6) is 0 Å². The van der Waals surface area contributed by atoms with E-state index in [0.29, 0.717) is 5.56 Å². The smallest absolute Gasteiger partial charge is 0.180 e. The minimum Gasteiger partial charge on any atom is -0.346 e. The summed E-state index contributed by atoms with van der Waals surface area (Å²) >= 11 is 0. The molecule has 0 fully saturated rings. The molecule has 1 aromatic carbocycles. The largest absolute Gasteiger partial charge is 0.346 e. The van der Waals surface area contributed by atoms with E-state index >= 15 is 0 Å². The Hall–Kier alpha value is -3.51. The standard InChI is InChI=1S/C21H20N6O2S/c1-14(2)30(28,29)17-5-3-4-15(10-17)19(6-8-22)27-12-16(11-26-27)20-18-7-9-23-21(18)25-13-24-20/h3-5,7,9-14,19H,6H2,1-2H3,(H,23,24,25). The average Bonchev–Trinajstić information content (AvgIpc) is 3.41. The number of H-pyrrole nitrogens is 1. The molecular weight excluding hydrogens is 400 g/mol. The molecule has 0 radical (unpaired) electrons. The van der Waals surface area contributed by atoms with Crippen molar-refractivity contribution in [3.05, 3.63) is 60.8 Å². The second-order valence-electron chi connectivity index (χ2n) is 7.22. The van der Waals surface area contributed by atoms with Crippen molar-refractivity contribution >= 4 is 20.9 Å². The van der Waals surface area contributed by atoms with E-state index in [0.717, 1.165) is 22.3 Å². The fourth-order valence-electron chi connectivity index (χ4n) is 3.35. The van der Waals surface area contributed by atoms with Crippen molar-refractivity contribution in [2.45, 2.75) is 36.5 Å². The fourth-order valence-corrected chi connectivity index (χ4v) is 4.47. The number of nitrogens with one attached hydrogen (secondary N) is 1. The van der Waals surface area contributed by atoms with Crippen molar-refractivity contribution in [1.29, 1.82) is 5.26 Å². The van der Waals surface area contributed by atoms with Crippen molar-refractivity contribution in [1.82, 2.24) is 24.7 Å². The highest BCUT2D eigenvalue weighted by atomic mass is 32.2. The quantitative estimate of drug-likeness (QED) is 0.510. The van der Waals surface area contributed by atoms with Crippen molar-refractivity contribution in [2.75, 3.05) is 0 Å². The number of benzene rings is 1. The van der Waals surface area contributed by atoms with E-state index < -0.39 is 21.1 Å². The first-order valence-corrected chi connectivity index (χ1v) is 11.0. The third kappa shape index (κ3) is 3.46. The van der Waals surface area contributed by atoms with Crippen molar-refractivity contribution in [2.24, 2.45) is 0 Å². The van der Waals surface area contributed by atoms with Gasteiger partial charge in [-0.3, -0.25) is 4.68 Å². The van der Waals surface area contributed by atoms with Crippen molar-refractivity contribution in [3.63, 3.8) is 0 Å². The summed E-state index contributed by atoms with van der Waals surface area (Å²) in [5.74, 6) is 0. The van der Waals surface area contributed by atoms with E-state index in [1.807, 2.05) is 18.3 Å². The molecule has 3 heterocycles. The SMILES string of the molecule is CC(C)S(=O)(=O)c1cccc(C(CC#N)n2cc(-c3ncnc4[nH]ccc34)cn2)c1. The molecule has 4 aromatic rings. The molecule has 152 valence electrons. The summed E-state index contributed by atoms with van der Waals surface area (Å²) < 4.78 is 26.9. The van der Waals surface area contributed by atoms with Gasteiger partial charge in [-0.15, -0.1) is 0 Å². The summed E-state index contributed by atoms with van der Waals surface area (Å²) in [6, 6.07) is 10.4. The second kappa shape index (κ2) is 7.72. The third-order valence-electron chi connectivity index (χ3n) is 5.02. The highest BCUT2D eigenvalue weighted by Crippen LogP contribution is 2.29. The van der Waals surface area contributed by atoms with Gasteiger partial charge < -0.3 is 4.98 Å². The summed E-state index contributed by atoms with van der Waals surface area (Å²) in [5.41, 5.74) is 2.96. The van der Waals surface area contributed by atoms with Gasteiger partial charge in [0, 0.05) is 23.3 Å². The van der Waals surface area contributed by atoms with E-state index in [4.69, 9.17) is 0 Å². The number of fused-ring (bicyclic) bond motifs is 1. The number of aromatic nitrogens is 5. The van der Waals surface area contributed by atoms with E-state index in [-0.39, 0.29) is 11.3 Å². The van der Waals surface area contributed by atoms with E-state index in [1.165, 1.54) is 6.33 Å². The molecule has 0 bridgehead atoms. The molecule has 0 amide bonds. The molecule has 0 aliphatic heterocycles. The Morgan fingerprint density at radius 2 is 2.07 bits per heavy atom. The maximum Gasteiger partial charge on any atom is 0.180 e. The number of nitriles is 1. The lowest BCUT2D eigenvalue weighted by atomic mass is 10.0. The predicted molar refractivity (Wildman–Crippen MR) is 112 cm³/mol. The summed E-state index contributed by atoms with van der Waals surface area (Å²) in [4.78, 5) is 11.9. The molecule has 0 spiro atoms. The second-order valence-corrected chi connectivity index (χ2v) is 9.72. The van der Waals surface area contributed by atoms with E-state index in [1.54, 1.807) is 49.1 Å². The number of nitrogens with zero attached hydrogens (tertiary/aromatic N) is 5. The number of sulfone groups is 1. The van der Waals surface area contributed by atoms with Crippen LogP contribution < -0.4 is 0 Å². The van der Waals surface area contributed by atoms with Crippen LogP contribution in [0.1, 0.15) is 31.9 Å². The van der Waals surface area contributed by atoms with Gasteiger partial charge in [0.15, 0.2) is 9.84 Å². The lowest BCUT2D eigenvalue weighted by Crippen LogP contribution is -2.16. The van der Waals surface area contributed by atoms with Crippen LogP contribution in [0.2, 0.25) is 0 Å². The highest BCUT2D eigenvalue weighted by molar-refractivity contribution is 7.92. The van der Waals surface area contributed by atoms with Crippen molar-refractivity contribution < 1.29 is 8.42 Å². The minimum absolute atomic E-state index is 0.148. The average molecular weight is 420 g/mol. The molecule has 8 nitrogen and oxygen atoms in total. The summed E-state index contributed by atoms with van der Waals surface area (Å²) in [6.07, 6.45) is 6.94. The van der Waals surface area contributed by atoms with Crippen molar-refractivity contribution in [3.8, 4) is 17.3 Å². The molecule has 30 heavy (non-hydrogen) atoms. The Morgan fingerprint density at radius 1 is 1.23 bits per heavy atom. The molecule has 0 aliphatic rings. The van der Waals surface area contributed by atoms with Crippen LogP contribution in [0.4, 0.5) is 0 Å². The summed E-state index contributed by atoms with van der Waals surface area (Å²) in [6.45, 7) is 3.30. The normalized spacial score (nSPS) is 12.9. The molecule has 9 heteroatoms. The van der Waals surface area contributed by atoms with Gasteiger partial charge in [-0.05, 0) is 37.6 Å². The van der Waals surface area contributed by atoms with Gasteiger partial charge in [0.2, 0.25) is 0 Å². The molecule has 0 saturated heterocycles. The number of aromatic amines is 1. The van der Waals surface area contributed by atoms with Gasteiger partial charge >= 0.3 is 0 Å². The van der Waals surface area contributed by atoms with Gasteiger partial charge in [-0.1, -0.05) is 12.1 Å². The van der Waals surface area contributed by atoms with Crippen LogP contribution in [-0.4, -0.2) is 38.4 Å². The van der Waals surface area contributed by atoms with Gasteiger partial charge in [0.05, 0.1) is 40.6 Å². The summed E-state index contributed by atoms with van der Waals surface area (Å²) in [7, 11) is -3.42. The predicted octanol–water partition coefficient (Wildman–Crippen LogP) is 3.51. The lowest BCUT2D eigenvalue weighted by molar-refractivity contribution is 0.531. The Morgan fingerprint density at radius 3 is 2.83 bits per heavy atom. The number of rotatable bonds is 6. The molecule has 1 N–H and O–H groups in total. The zero-order valence-electron chi connectivity index (χ0n) is 16.5. The lowest BCUT2D eigenvalue weighted by Gasteiger charge is -2.17. The third-order valence-corrected chi connectivity index (χ3v) is 7.18. The fraction of sp³-hybridized carbons (Fsp3) is 0.238. The van der Waals surface area contributed by atoms with Crippen LogP contribution in [0.15, 0.2) is 60.1 Å². The van der Waals surface area contributed by atoms with Gasteiger partial charge in [0.1, 0.15) is 12.0 Å². The molecule has 0 saturated carbocycles. The topological polar surface area (TPSA) is 117 Å². The Kier molecular flexibility index (Phi) is 5.10. The maximum absolute atomic E-state index is 12.6. The zero-order chi connectivity index (χ0) is 21.3. The van der Waals surface area contributed by atoms with E-state index in [9.17, 15) is 13.7 Å². The highest BCUT2D eigenvalue weighted by Gasteiger charge is 2.22. The molecule has 1 atom stereocenters. The zero-order valence-corrected chi connectivity index (χ0v) is 17.3. The Balaban J connectivity index is 1.75. The van der Waals surface area contributed by atoms with Crippen LogP contribution >= 0.6 is 0 Å².